The third-order valence-electron chi connectivity index (χ3n) is 3.63. The van der Waals surface area contributed by atoms with Gasteiger partial charge in [-0.3, -0.25) is 0 Å². The molecule has 1 saturated heterocycles. The Kier molecular flexibility index (Phi) is 6.85. The van der Waals surface area contributed by atoms with Crippen molar-refractivity contribution in [3.05, 3.63) is 22.4 Å². The Morgan fingerprint density at radius 1 is 1.42 bits per heavy atom. The van der Waals surface area contributed by atoms with Gasteiger partial charge in [0.25, 0.3) is 0 Å². The molecule has 0 radical (unpaired) electrons. The normalized spacial score (nSPS) is 20.0. The van der Waals surface area contributed by atoms with Crippen LogP contribution in [0.1, 0.15) is 24.8 Å². The van der Waals surface area contributed by atoms with E-state index in [1.54, 1.807) is 11.3 Å². The molecule has 0 spiro atoms. The minimum absolute atomic E-state index is 0.463. The van der Waals surface area contributed by atoms with Gasteiger partial charge in [0, 0.05) is 26.2 Å². The highest BCUT2D eigenvalue weighted by Crippen LogP contribution is 2.13. The van der Waals surface area contributed by atoms with Crippen molar-refractivity contribution in [3.63, 3.8) is 0 Å². The summed E-state index contributed by atoms with van der Waals surface area (Å²) < 4.78 is 5.76. The molecule has 0 bridgehead atoms. The molecule has 2 rings (SSSR count). The first-order valence-corrected chi connectivity index (χ1v) is 8.31. The number of rotatable bonds is 8. The van der Waals surface area contributed by atoms with Crippen molar-refractivity contribution in [2.75, 3.05) is 39.8 Å². The predicted octanol–water partition coefficient (Wildman–Crippen LogP) is 2.38. The summed E-state index contributed by atoms with van der Waals surface area (Å²) in [7, 11) is 2.19. The van der Waals surface area contributed by atoms with Crippen LogP contribution in [0.3, 0.4) is 0 Å². The van der Waals surface area contributed by atoms with E-state index in [0.717, 1.165) is 39.2 Å². The molecular formula is C15H26N2OS. The van der Waals surface area contributed by atoms with E-state index < -0.39 is 0 Å². The van der Waals surface area contributed by atoms with Crippen molar-refractivity contribution in [3.8, 4) is 0 Å². The van der Waals surface area contributed by atoms with E-state index in [4.69, 9.17) is 4.74 Å². The molecule has 108 valence electrons. The lowest BCUT2D eigenvalue weighted by Gasteiger charge is -2.27. The summed E-state index contributed by atoms with van der Waals surface area (Å²) in [4.78, 5) is 2.38. The summed E-state index contributed by atoms with van der Waals surface area (Å²) in [6.45, 7) is 5.27. The van der Waals surface area contributed by atoms with Gasteiger partial charge in [0.2, 0.25) is 0 Å². The maximum absolute atomic E-state index is 5.76. The average molecular weight is 282 g/mol. The summed E-state index contributed by atoms with van der Waals surface area (Å²) in [6.07, 6.45) is 5.40. The lowest BCUT2D eigenvalue weighted by Crippen LogP contribution is -2.37. The van der Waals surface area contributed by atoms with Gasteiger partial charge in [-0.05, 0) is 61.7 Å². The van der Waals surface area contributed by atoms with Crippen LogP contribution < -0.4 is 5.32 Å². The first-order chi connectivity index (χ1) is 9.34. The highest BCUT2D eigenvalue weighted by molar-refractivity contribution is 7.07. The highest BCUT2D eigenvalue weighted by Gasteiger charge is 2.15. The average Bonchev–Trinajstić information content (AvgIpc) is 2.92. The van der Waals surface area contributed by atoms with Crippen molar-refractivity contribution in [2.45, 2.75) is 31.8 Å². The van der Waals surface area contributed by atoms with Crippen LogP contribution in [-0.2, 0) is 11.2 Å². The maximum Gasteiger partial charge on any atom is 0.0701 e. The van der Waals surface area contributed by atoms with E-state index in [1.165, 1.54) is 24.8 Å². The molecule has 0 aliphatic carbocycles. The summed E-state index contributed by atoms with van der Waals surface area (Å²) in [6, 6.07) is 2.21. The highest BCUT2D eigenvalue weighted by atomic mass is 32.1. The van der Waals surface area contributed by atoms with Crippen LogP contribution in [0.5, 0.6) is 0 Å². The van der Waals surface area contributed by atoms with Crippen molar-refractivity contribution in [1.82, 2.24) is 10.2 Å². The first-order valence-electron chi connectivity index (χ1n) is 7.36. The molecule has 2 heterocycles. The zero-order chi connectivity index (χ0) is 13.3. The Balaban J connectivity index is 1.48. The lowest BCUT2D eigenvalue weighted by molar-refractivity contribution is -0.00121. The molecule has 1 N–H and O–H groups in total. The second-order valence-corrected chi connectivity index (χ2v) is 6.16. The first kappa shape index (κ1) is 15.0. The smallest absolute Gasteiger partial charge is 0.0701 e. The molecule has 3 nitrogen and oxygen atoms in total. The molecular weight excluding hydrogens is 256 g/mol. The number of ether oxygens (including phenoxy) is 1. The van der Waals surface area contributed by atoms with Gasteiger partial charge in [-0.1, -0.05) is 0 Å². The van der Waals surface area contributed by atoms with E-state index in [2.05, 4.69) is 34.1 Å². The number of hydrogen-bond donors (Lipinski definition) is 1. The second-order valence-electron chi connectivity index (χ2n) is 5.38. The number of hydrogen-bond acceptors (Lipinski definition) is 4. The van der Waals surface area contributed by atoms with Crippen LogP contribution >= 0.6 is 11.3 Å². The van der Waals surface area contributed by atoms with Gasteiger partial charge in [0.15, 0.2) is 0 Å². The molecule has 4 heteroatoms. The van der Waals surface area contributed by atoms with E-state index in [0.29, 0.717) is 6.10 Å². The Hall–Kier alpha value is -0.420. The van der Waals surface area contributed by atoms with Crippen molar-refractivity contribution in [1.29, 1.82) is 0 Å². The molecule has 1 aromatic rings. The minimum atomic E-state index is 0.463. The monoisotopic (exact) mass is 282 g/mol. The molecule has 1 aromatic heterocycles. The Morgan fingerprint density at radius 3 is 3.11 bits per heavy atom. The summed E-state index contributed by atoms with van der Waals surface area (Å²) in [5.74, 6) is 0. The standard InChI is InChI=1S/C15H26N2OS/c1-17(12-15-4-2-3-10-18-15)9-8-16-7-5-14-6-11-19-13-14/h6,11,13,15-16H,2-5,7-10,12H2,1H3. The molecule has 1 fully saturated rings. The fourth-order valence-electron chi connectivity index (χ4n) is 2.45. The van der Waals surface area contributed by atoms with Crippen LogP contribution in [0.25, 0.3) is 0 Å². The number of thiophene rings is 1. The molecule has 1 aliphatic heterocycles. The van der Waals surface area contributed by atoms with Gasteiger partial charge in [0.1, 0.15) is 0 Å². The van der Waals surface area contributed by atoms with Gasteiger partial charge in [-0.25, -0.2) is 0 Å². The van der Waals surface area contributed by atoms with E-state index >= 15 is 0 Å². The fraction of sp³-hybridized carbons (Fsp3) is 0.733. The lowest BCUT2D eigenvalue weighted by atomic mass is 10.1. The third-order valence-corrected chi connectivity index (χ3v) is 4.36. The van der Waals surface area contributed by atoms with Gasteiger partial charge in [-0.2, -0.15) is 11.3 Å². The van der Waals surface area contributed by atoms with Crippen molar-refractivity contribution in [2.24, 2.45) is 0 Å². The Labute approximate surface area is 121 Å². The molecule has 1 aliphatic rings. The molecule has 1 atom stereocenters. The quantitative estimate of drug-likeness (QED) is 0.741. The number of nitrogens with zero attached hydrogens (tertiary/aromatic N) is 1. The SMILES string of the molecule is CN(CCNCCc1ccsc1)CC1CCCCO1. The fourth-order valence-corrected chi connectivity index (χ4v) is 3.16. The van der Waals surface area contributed by atoms with Gasteiger partial charge >= 0.3 is 0 Å². The second kappa shape index (κ2) is 8.69. The molecule has 19 heavy (non-hydrogen) atoms. The van der Waals surface area contributed by atoms with Crippen molar-refractivity contribution >= 4 is 11.3 Å². The zero-order valence-electron chi connectivity index (χ0n) is 11.9. The van der Waals surface area contributed by atoms with Gasteiger partial charge < -0.3 is 15.0 Å². The van der Waals surface area contributed by atoms with E-state index in [1.807, 2.05) is 0 Å². The summed E-state index contributed by atoms with van der Waals surface area (Å²) in [5.41, 5.74) is 1.45. The number of likely N-dealkylation sites (N-methyl/N-ethyl adjacent to an activating group) is 1. The molecule has 1 unspecified atom stereocenters. The number of nitrogens with one attached hydrogen (secondary N) is 1. The zero-order valence-corrected chi connectivity index (χ0v) is 12.8. The Morgan fingerprint density at radius 2 is 2.37 bits per heavy atom. The van der Waals surface area contributed by atoms with E-state index in [-0.39, 0.29) is 0 Å². The van der Waals surface area contributed by atoms with Crippen LogP contribution in [0, 0.1) is 0 Å². The molecule has 0 aromatic carbocycles. The van der Waals surface area contributed by atoms with Crippen LogP contribution in [0.2, 0.25) is 0 Å². The van der Waals surface area contributed by atoms with Crippen LogP contribution in [-0.4, -0.2) is 50.8 Å². The topological polar surface area (TPSA) is 24.5 Å². The Bertz CT molecular complexity index is 323. The van der Waals surface area contributed by atoms with Gasteiger partial charge in [0.05, 0.1) is 6.10 Å². The van der Waals surface area contributed by atoms with E-state index in [9.17, 15) is 0 Å². The van der Waals surface area contributed by atoms with Crippen LogP contribution in [0.15, 0.2) is 16.8 Å². The van der Waals surface area contributed by atoms with Crippen LogP contribution in [0.4, 0.5) is 0 Å². The van der Waals surface area contributed by atoms with Crippen molar-refractivity contribution < 1.29 is 4.74 Å². The largest absolute Gasteiger partial charge is 0.377 e. The third kappa shape index (κ3) is 6.04. The summed E-state index contributed by atoms with van der Waals surface area (Å²) >= 11 is 1.78. The molecule has 0 saturated carbocycles. The summed E-state index contributed by atoms with van der Waals surface area (Å²) in [5, 5.41) is 7.89. The van der Waals surface area contributed by atoms with Gasteiger partial charge in [-0.15, -0.1) is 0 Å². The predicted molar refractivity (Wildman–Crippen MR) is 82.0 cm³/mol. The minimum Gasteiger partial charge on any atom is -0.377 e. The molecule has 0 amide bonds. The maximum atomic E-state index is 5.76.